The summed E-state index contributed by atoms with van der Waals surface area (Å²) < 4.78 is 11.1. The molecule has 0 aliphatic carbocycles. The standard InChI is InChI=1S/C27H31N5O3/c1-27(2,3)35-26(33)30-17-24(31-32-25(28)29)22-11-9-20(10-12-22)21-13-15-23(16-14-21)34-18-19-7-5-4-6-8-19/h4-16H,17-18H2,1-3H3,(H,30,33)(H4,28,29,32)/b31-24+. The molecule has 0 saturated carbocycles. The maximum Gasteiger partial charge on any atom is 0.407 e. The number of ether oxygens (including phenoxy) is 2. The highest BCUT2D eigenvalue weighted by Crippen LogP contribution is 2.23. The van der Waals surface area contributed by atoms with Crippen LogP contribution in [-0.4, -0.2) is 29.9 Å². The molecule has 0 aliphatic rings. The number of carbonyl (C=O) groups is 1. The Balaban J connectivity index is 1.68. The van der Waals surface area contributed by atoms with Crippen LogP contribution in [0, 0.1) is 0 Å². The molecule has 0 heterocycles. The van der Waals surface area contributed by atoms with Crippen LogP contribution in [0.4, 0.5) is 4.79 Å². The highest BCUT2D eigenvalue weighted by Gasteiger charge is 2.16. The summed E-state index contributed by atoms with van der Waals surface area (Å²) in [4.78, 5) is 12.0. The Morgan fingerprint density at radius 3 is 2.03 bits per heavy atom. The third-order valence-electron chi connectivity index (χ3n) is 4.74. The Kier molecular flexibility index (Phi) is 8.45. The van der Waals surface area contributed by atoms with Crippen LogP contribution in [0.5, 0.6) is 5.75 Å². The maximum atomic E-state index is 12.0. The van der Waals surface area contributed by atoms with E-state index in [9.17, 15) is 4.79 Å². The fourth-order valence-electron chi connectivity index (χ4n) is 3.12. The van der Waals surface area contributed by atoms with Crippen LogP contribution in [0.2, 0.25) is 0 Å². The summed E-state index contributed by atoms with van der Waals surface area (Å²) in [5.41, 5.74) is 14.7. The number of hydrogen-bond acceptors (Lipinski definition) is 5. The molecule has 182 valence electrons. The van der Waals surface area contributed by atoms with Gasteiger partial charge >= 0.3 is 6.09 Å². The van der Waals surface area contributed by atoms with E-state index in [1.54, 1.807) is 20.8 Å². The fourth-order valence-corrected chi connectivity index (χ4v) is 3.12. The van der Waals surface area contributed by atoms with Crippen molar-refractivity contribution in [3.05, 3.63) is 90.0 Å². The lowest BCUT2D eigenvalue weighted by Crippen LogP contribution is -2.35. The summed E-state index contributed by atoms with van der Waals surface area (Å²) in [6.45, 7) is 5.99. The maximum absolute atomic E-state index is 12.0. The average Bonchev–Trinajstić information content (AvgIpc) is 2.83. The van der Waals surface area contributed by atoms with Crippen LogP contribution < -0.4 is 21.5 Å². The smallest absolute Gasteiger partial charge is 0.407 e. The number of nitrogens with two attached hydrogens (primary N) is 2. The molecule has 0 saturated heterocycles. The molecule has 0 atom stereocenters. The Bertz CT molecular complexity index is 1160. The van der Waals surface area contributed by atoms with Crippen molar-refractivity contribution in [1.82, 2.24) is 5.32 Å². The second-order valence-electron chi connectivity index (χ2n) is 8.80. The zero-order valence-electron chi connectivity index (χ0n) is 20.2. The highest BCUT2D eigenvalue weighted by atomic mass is 16.6. The molecule has 0 aromatic heterocycles. The Labute approximate surface area is 205 Å². The average molecular weight is 474 g/mol. The molecule has 8 heteroatoms. The first-order valence-corrected chi connectivity index (χ1v) is 11.2. The normalized spacial score (nSPS) is 11.5. The lowest BCUT2D eigenvalue weighted by molar-refractivity contribution is 0.0536. The van der Waals surface area contributed by atoms with E-state index in [2.05, 4.69) is 15.5 Å². The lowest BCUT2D eigenvalue weighted by atomic mass is 10.0. The zero-order chi connectivity index (χ0) is 25.3. The molecule has 35 heavy (non-hydrogen) atoms. The number of benzene rings is 3. The molecule has 0 radical (unpaired) electrons. The first-order valence-electron chi connectivity index (χ1n) is 11.2. The van der Waals surface area contributed by atoms with Crippen LogP contribution >= 0.6 is 0 Å². The van der Waals surface area contributed by atoms with E-state index in [4.69, 9.17) is 20.9 Å². The van der Waals surface area contributed by atoms with Crippen molar-refractivity contribution >= 4 is 17.8 Å². The molecule has 8 nitrogen and oxygen atoms in total. The van der Waals surface area contributed by atoms with Crippen LogP contribution in [0.15, 0.2) is 89.1 Å². The number of rotatable bonds is 8. The van der Waals surface area contributed by atoms with Crippen LogP contribution in [0.25, 0.3) is 11.1 Å². The molecule has 5 N–H and O–H groups in total. The summed E-state index contributed by atoms with van der Waals surface area (Å²) in [6, 6.07) is 25.7. The molecular formula is C27H31N5O3. The van der Waals surface area contributed by atoms with Gasteiger partial charge in [0.25, 0.3) is 0 Å². The van der Waals surface area contributed by atoms with Crippen molar-refractivity contribution in [2.45, 2.75) is 33.0 Å². The van der Waals surface area contributed by atoms with Crippen molar-refractivity contribution in [1.29, 1.82) is 0 Å². The predicted octanol–water partition coefficient (Wildman–Crippen LogP) is 4.43. The fraction of sp³-hybridized carbons (Fsp3) is 0.222. The SMILES string of the molecule is CC(C)(C)OC(=O)NC/C(=N\N=C(N)N)c1ccc(-c2ccc(OCc3ccccc3)cc2)cc1. The summed E-state index contributed by atoms with van der Waals surface area (Å²) >= 11 is 0. The Morgan fingerprint density at radius 2 is 1.46 bits per heavy atom. The van der Waals surface area contributed by atoms with Crippen LogP contribution in [0.3, 0.4) is 0 Å². The third-order valence-corrected chi connectivity index (χ3v) is 4.74. The molecule has 0 fully saturated rings. The van der Waals surface area contributed by atoms with E-state index < -0.39 is 11.7 Å². The minimum absolute atomic E-state index is 0.0957. The number of carbonyl (C=O) groups excluding carboxylic acids is 1. The number of guanidine groups is 1. The van der Waals surface area contributed by atoms with Crippen molar-refractivity contribution in [2.24, 2.45) is 21.7 Å². The van der Waals surface area contributed by atoms with E-state index >= 15 is 0 Å². The van der Waals surface area contributed by atoms with Gasteiger partial charge in [0.05, 0.1) is 12.3 Å². The topological polar surface area (TPSA) is 124 Å². The van der Waals surface area contributed by atoms with E-state index in [-0.39, 0.29) is 12.5 Å². The minimum Gasteiger partial charge on any atom is -0.489 e. The molecule has 1 amide bonds. The van der Waals surface area contributed by atoms with Gasteiger partial charge in [-0.25, -0.2) is 4.79 Å². The summed E-state index contributed by atoms with van der Waals surface area (Å²) in [6.07, 6.45) is -0.555. The molecular weight excluding hydrogens is 442 g/mol. The first-order chi connectivity index (χ1) is 16.7. The summed E-state index contributed by atoms with van der Waals surface area (Å²) in [5.74, 6) is 0.625. The molecule has 0 unspecified atom stereocenters. The van der Waals surface area contributed by atoms with Gasteiger partial charge < -0.3 is 26.3 Å². The van der Waals surface area contributed by atoms with Crippen molar-refractivity contribution in [3.63, 3.8) is 0 Å². The molecule has 0 bridgehead atoms. The number of amides is 1. The van der Waals surface area contributed by atoms with Gasteiger partial charge in [-0.15, -0.1) is 10.2 Å². The van der Waals surface area contributed by atoms with Crippen molar-refractivity contribution in [3.8, 4) is 16.9 Å². The van der Waals surface area contributed by atoms with Crippen LogP contribution in [0.1, 0.15) is 31.9 Å². The molecule has 3 rings (SSSR count). The first kappa shape index (κ1) is 25.3. The van der Waals surface area contributed by atoms with Gasteiger partial charge in [0, 0.05) is 0 Å². The van der Waals surface area contributed by atoms with Gasteiger partial charge in [0.1, 0.15) is 18.0 Å². The van der Waals surface area contributed by atoms with E-state index in [0.29, 0.717) is 12.3 Å². The highest BCUT2D eigenvalue weighted by molar-refractivity contribution is 6.03. The van der Waals surface area contributed by atoms with E-state index in [1.807, 2.05) is 78.9 Å². The van der Waals surface area contributed by atoms with E-state index in [1.165, 1.54) is 0 Å². The largest absolute Gasteiger partial charge is 0.489 e. The van der Waals surface area contributed by atoms with Gasteiger partial charge in [-0.3, -0.25) is 0 Å². The van der Waals surface area contributed by atoms with Gasteiger partial charge in [-0.2, -0.15) is 0 Å². The number of hydrogen-bond donors (Lipinski definition) is 3. The van der Waals surface area contributed by atoms with E-state index in [0.717, 1.165) is 28.0 Å². The molecule has 0 spiro atoms. The molecule has 0 aliphatic heterocycles. The summed E-state index contributed by atoms with van der Waals surface area (Å²) in [5, 5.41) is 10.5. The van der Waals surface area contributed by atoms with Crippen molar-refractivity contribution in [2.75, 3.05) is 6.54 Å². The second-order valence-corrected chi connectivity index (χ2v) is 8.80. The lowest BCUT2D eigenvalue weighted by Gasteiger charge is -2.19. The number of nitrogens with zero attached hydrogens (tertiary/aromatic N) is 2. The summed E-state index contributed by atoms with van der Waals surface area (Å²) in [7, 11) is 0. The van der Waals surface area contributed by atoms with Gasteiger partial charge in [-0.1, -0.05) is 66.7 Å². The monoisotopic (exact) mass is 473 g/mol. The second kappa shape index (κ2) is 11.7. The van der Waals surface area contributed by atoms with Crippen LogP contribution in [-0.2, 0) is 11.3 Å². The number of nitrogens with one attached hydrogen (secondary N) is 1. The number of alkyl carbamates (subject to hydrolysis) is 1. The quantitative estimate of drug-likeness (QED) is 0.254. The van der Waals surface area contributed by atoms with Gasteiger partial charge in [-0.05, 0) is 55.2 Å². The Hall–Kier alpha value is -4.33. The Morgan fingerprint density at radius 1 is 0.857 bits per heavy atom. The zero-order valence-corrected chi connectivity index (χ0v) is 20.2. The molecule has 3 aromatic rings. The van der Waals surface area contributed by atoms with Crippen molar-refractivity contribution < 1.29 is 14.3 Å². The van der Waals surface area contributed by atoms with Gasteiger partial charge in [0.15, 0.2) is 0 Å². The van der Waals surface area contributed by atoms with Gasteiger partial charge in [0.2, 0.25) is 5.96 Å². The molecule has 3 aromatic carbocycles. The predicted molar refractivity (Wildman–Crippen MR) is 139 cm³/mol. The third kappa shape index (κ3) is 8.51. The minimum atomic E-state index is -0.606.